The molecule has 2 aromatic carbocycles. The predicted molar refractivity (Wildman–Crippen MR) is 82.5 cm³/mol. The molecule has 0 bridgehead atoms. The zero-order valence-corrected chi connectivity index (χ0v) is 12.2. The van der Waals surface area contributed by atoms with E-state index in [1.807, 2.05) is 18.2 Å². The average Bonchev–Trinajstić information content (AvgIpc) is 2.48. The zero-order chi connectivity index (χ0) is 14.2. The van der Waals surface area contributed by atoms with E-state index in [0.29, 0.717) is 5.75 Å². The number of aliphatic hydroxyl groups is 1. The maximum absolute atomic E-state index is 12.8. The van der Waals surface area contributed by atoms with E-state index in [1.165, 1.54) is 17.7 Å². The summed E-state index contributed by atoms with van der Waals surface area (Å²) < 4.78 is 12.8. The minimum absolute atomic E-state index is 0.224. The topological polar surface area (TPSA) is 20.2 Å². The number of thioether (sulfide) groups is 1. The number of hydrogen-bond acceptors (Lipinski definition) is 2. The van der Waals surface area contributed by atoms with Gasteiger partial charge in [0.1, 0.15) is 5.82 Å². The van der Waals surface area contributed by atoms with Crippen LogP contribution < -0.4 is 0 Å². The van der Waals surface area contributed by atoms with Crippen LogP contribution in [0.2, 0.25) is 0 Å². The molecular weight excluding hydrogens is 271 g/mol. The molecule has 1 unspecified atom stereocenters. The van der Waals surface area contributed by atoms with Crippen molar-refractivity contribution in [1.82, 2.24) is 0 Å². The summed E-state index contributed by atoms with van der Waals surface area (Å²) in [4.78, 5) is 0.994. The van der Waals surface area contributed by atoms with E-state index in [0.717, 1.165) is 24.2 Å². The van der Waals surface area contributed by atoms with Gasteiger partial charge in [0.25, 0.3) is 0 Å². The molecule has 2 rings (SSSR count). The molecule has 0 aliphatic rings. The molecule has 20 heavy (non-hydrogen) atoms. The van der Waals surface area contributed by atoms with Crippen LogP contribution in [-0.2, 0) is 6.42 Å². The van der Waals surface area contributed by atoms with E-state index in [2.05, 4.69) is 12.1 Å². The normalized spacial score (nSPS) is 12.3. The fourth-order valence-corrected chi connectivity index (χ4v) is 2.87. The first kappa shape index (κ1) is 15.1. The van der Waals surface area contributed by atoms with Crippen molar-refractivity contribution in [2.24, 2.45) is 0 Å². The fourth-order valence-electron chi connectivity index (χ4n) is 1.99. The van der Waals surface area contributed by atoms with Gasteiger partial charge >= 0.3 is 0 Å². The molecule has 3 heteroatoms. The van der Waals surface area contributed by atoms with Crippen LogP contribution in [-0.4, -0.2) is 17.0 Å². The Morgan fingerprint density at radius 2 is 1.70 bits per heavy atom. The molecule has 0 aliphatic heterocycles. The van der Waals surface area contributed by atoms with Gasteiger partial charge in [-0.15, -0.1) is 11.8 Å². The van der Waals surface area contributed by atoms with Crippen LogP contribution in [0.4, 0.5) is 4.39 Å². The Bertz CT molecular complexity index is 498. The molecule has 0 spiro atoms. The van der Waals surface area contributed by atoms with Crippen LogP contribution in [0.5, 0.6) is 0 Å². The quantitative estimate of drug-likeness (QED) is 0.767. The highest BCUT2D eigenvalue weighted by Crippen LogP contribution is 2.20. The summed E-state index contributed by atoms with van der Waals surface area (Å²) in [5, 5.41) is 9.95. The van der Waals surface area contributed by atoms with Crippen LogP contribution in [0.15, 0.2) is 59.5 Å². The van der Waals surface area contributed by atoms with Crippen LogP contribution in [0, 0.1) is 5.82 Å². The van der Waals surface area contributed by atoms with Gasteiger partial charge in [0.2, 0.25) is 0 Å². The highest BCUT2D eigenvalue weighted by molar-refractivity contribution is 7.99. The molecule has 0 aromatic heterocycles. The Balaban J connectivity index is 1.65. The molecule has 0 saturated heterocycles. The van der Waals surface area contributed by atoms with E-state index in [1.54, 1.807) is 23.9 Å². The zero-order valence-electron chi connectivity index (χ0n) is 11.3. The standard InChI is InChI=1S/C17H19FOS/c18-15-9-11-17(12-10-15)20-13-16(19)8-4-7-14-5-2-1-3-6-14/h1-3,5-6,9-12,16,19H,4,7-8,13H2. The van der Waals surface area contributed by atoms with E-state index in [4.69, 9.17) is 0 Å². The maximum atomic E-state index is 12.8. The number of hydrogen-bond donors (Lipinski definition) is 1. The Hall–Kier alpha value is -1.32. The molecule has 0 fully saturated rings. The van der Waals surface area contributed by atoms with E-state index in [9.17, 15) is 9.50 Å². The third kappa shape index (κ3) is 5.35. The second-order valence-corrected chi connectivity index (χ2v) is 5.89. The molecule has 0 heterocycles. The van der Waals surface area contributed by atoms with Crippen molar-refractivity contribution in [3.63, 3.8) is 0 Å². The first-order chi connectivity index (χ1) is 9.74. The SMILES string of the molecule is OC(CCCc1ccccc1)CSc1ccc(F)cc1. The summed E-state index contributed by atoms with van der Waals surface area (Å²) >= 11 is 1.57. The second-order valence-electron chi connectivity index (χ2n) is 4.80. The van der Waals surface area contributed by atoms with Gasteiger partial charge in [-0.25, -0.2) is 4.39 Å². The highest BCUT2D eigenvalue weighted by atomic mass is 32.2. The Morgan fingerprint density at radius 1 is 1.00 bits per heavy atom. The van der Waals surface area contributed by atoms with Gasteiger partial charge in [-0.3, -0.25) is 0 Å². The smallest absolute Gasteiger partial charge is 0.123 e. The van der Waals surface area contributed by atoms with E-state index < -0.39 is 0 Å². The number of aryl methyl sites for hydroxylation is 1. The van der Waals surface area contributed by atoms with Crippen LogP contribution in [0.1, 0.15) is 18.4 Å². The largest absolute Gasteiger partial charge is 0.392 e. The Kier molecular flexibility index (Phi) is 6.09. The number of rotatable bonds is 7. The summed E-state index contributed by atoms with van der Waals surface area (Å²) in [7, 11) is 0. The summed E-state index contributed by atoms with van der Waals surface area (Å²) in [6, 6.07) is 16.7. The minimum atomic E-state index is -0.311. The lowest BCUT2D eigenvalue weighted by molar-refractivity contribution is 0.186. The first-order valence-corrected chi connectivity index (χ1v) is 7.83. The lowest BCUT2D eigenvalue weighted by Gasteiger charge is -2.10. The molecule has 0 saturated carbocycles. The summed E-state index contributed by atoms with van der Waals surface area (Å²) in [5.74, 6) is 0.429. The van der Waals surface area contributed by atoms with Crippen molar-refractivity contribution in [3.8, 4) is 0 Å². The van der Waals surface area contributed by atoms with Crippen molar-refractivity contribution in [3.05, 3.63) is 66.0 Å². The molecule has 2 aromatic rings. The van der Waals surface area contributed by atoms with Gasteiger partial charge in [-0.05, 0) is 49.1 Å². The van der Waals surface area contributed by atoms with Crippen molar-refractivity contribution in [1.29, 1.82) is 0 Å². The van der Waals surface area contributed by atoms with E-state index in [-0.39, 0.29) is 11.9 Å². The highest BCUT2D eigenvalue weighted by Gasteiger charge is 2.05. The Morgan fingerprint density at radius 3 is 2.40 bits per heavy atom. The van der Waals surface area contributed by atoms with Gasteiger partial charge in [-0.2, -0.15) is 0 Å². The number of benzene rings is 2. The molecule has 0 aliphatic carbocycles. The molecule has 106 valence electrons. The maximum Gasteiger partial charge on any atom is 0.123 e. The van der Waals surface area contributed by atoms with Crippen molar-refractivity contribution in [2.45, 2.75) is 30.3 Å². The van der Waals surface area contributed by atoms with E-state index >= 15 is 0 Å². The van der Waals surface area contributed by atoms with Gasteiger partial charge in [-0.1, -0.05) is 30.3 Å². The van der Waals surface area contributed by atoms with Crippen molar-refractivity contribution in [2.75, 3.05) is 5.75 Å². The molecule has 1 N–H and O–H groups in total. The minimum Gasteiger partial charge on any atom is -0.392 e. The third-order valence-corrected chi connectivity index (χ3v) is 4.26. The second kappa shape index (κ2) is 8.08. The first-order valence-electron chi connectivity index (χ1n) is 6.84. The van der Waals surface area contributed by atoms with Crippen LogP contribution in [0.25, 0.3) is 0 Å². The third-order valence-electron chi connectivity index (χ3n) is 3.10. The molecule has 0 amide bonds. The molecule has 1 atom stereocenters. The predicted octanol–water partition coefficient (Wildman–Crippen LogP) is 4.30. The van der Waals surface area contributed by atoms with Gasteiger partial charge < -0.3 is 5.11 Å². The number of aliphatic hydroxyl groups excluding tert-OH is 1. The summed E-state index contributed by atoms with van der Waals surface area (Å²) in [6.07, 6.45) is 2.46. The summed E-state index contributed by atoms with van der Waals surface area (Å²) in [5.41, 5.74) is 1.31. The van der Waals surface area contributed by atoms with Gasteiger partial charge in [0.15, 0.2) is 0 Å². The van der Waals surface area contributed by atoms with Crippen LogP contribution >= 0.6 is 11.8 Å². The van der Waals surface area contributed by atoms with Crippen molar-refractivity contribution < 1.29 is 9.50 Å². The fraction of sp³-hybridized carbons (Fsp3) is 0.294. The van der Waals surface area contributed by atoms with Crippen LogP contribution in [0.3, 0.4) is 0 Å². The van der Waals surface area contributed by atoms with Gasteiger partial charge in [0, 0.05) is 10.6 Å². The lowest BCUT2D eigenvalue weighted by atomic mass is 10.1. The average molecular weight is 290 g/mol. The Labute approximate surface area is 123 Å². The van der Waals surface area contributed by atoms with Gasteiger partial charge in [0.05, 0.1) is 6.10 Å². The molecular formula is C17H19FOS. The monoisotopic (exact) mass is 290 g/mol. The summed E-state index contributed by atoms with van der Waals surface area (Å²) in [6.45, 7) is 0. The number of halogens is 1. The lowest BCUT2D eigenvalue weighted by Crippen LogP contribution is -2.10. The molecule has 1 nitrogen and oxygen atoms in total. The molecule has 0 radical (unpaired) electrons. The van der Waals surface area contributed by atoms with Crippen molar-refractivity contribution >= 4 is 11.8 Å².